The molecule has 0 saturated heterocycles. The number of hydrogen-bond donors (Lipinski definition) is 2. The summed E-state index contributed by atoms with van der Waals surface area (Å²) in [6.45, 7) is 2.95. The van der Waals surface area contributed by atoms with E-state index in [0.29, 0.717) is 11.6 Å². The van der Waals surface area contributed by atoms with Crippen LogP contribution in [0.2, 0.25) is 0 Å². The topological polar surface area (TPSA) is 52.6 Å². The maximum Gasteiger partial charge on any atom is 0.336 e. The van der Waals surface area contributed by atoms with E-state index in [0.717, 1.165) is 23.0 Å². The Balaban J connectivity index is 2.36. The van der Waals surface area contributed by atoms with Gasteiger partial charge < -0.3 is 15.3 Å². The van der Waals surface area contributed by atoms with Crippen LogP contribution in [0.5, 0.6) is 0 Å². The third kappa shape index (κ3) is 2.91. The lowest BCUT2D eigenvalue weighted by Gasteiger charge is -2.21. The molecule has 0 radical (unpaired) electrons. The molecule has 2 N–H and O–H groups in total. The SMILES string of the molecule is CC(CNc1ccc(C(=O)O)c2ccccc12)N(C)C. The predicted molar refractivity (Wildman–Crippen MR) is 82.5 cm³/mol. The highest BCUT2D eigenvalue weighted by Gasteiger charge is 2.11. The number of aromatic carboxylic acids is 1. The van der Waals surface area contributed by atoms with E-state index in [1.807, 2.05) is 44.4 Å². The van der Waals surface area contributed by atoms with Crippen molar-refractivity contribution in [3.8, 4) is 0 Å². The maximum atomic E-state index is 11.3. The van der Waals surface area contributed by atoms with Crippen molar-refractivity contribution in [1.82, 2.24) is 4.90 Å². The Morgan fingerprint density at radius 1 is 1.20 bits per heavy atom. The van der Waals surface area contributed by atoms with Crippen molar-refractivity contribution in [3.05, 3.63) is 42.0 Å². The second-order valence-corrected chi connectivity index (χ2v) is 5.20. The standard InChI is InChI=1S/C16H20N2O2/c1-11(18(2)3)10-17-15-9-8-14(16(19)20)12-6-4-5-7-13(12)15/h4-9,11,17H,10H2,1-3H3,(H,19,20). The van der Waals surface area contributed by atoms with Crippen molar-refractivity contribution in [2.75, 3.05) is 26.0 Å². The zero-order valence-electron chi connectivity index (χ0n) is 12.1. The first-order chi connectivity index (χ1) is 9.50. The highest BCUT2D eigenvalue weighted by molar-refractivity contribution is 6.07. The van der Waals surface area contributed by atoms with Crippen LogP contribution in [0.4, 0.5) is 5.69 Å². The minimum absolute atomic E-state index is 0.340. The number of nitrogens with one attached hydrogen (secondary N) is 1. The molecular formula is C16H20N2O2. The molecule has 0 aromatic heterocycles. The van der Waals surface area contributed by atoms with Gasteiger partial charge in [0.2, 0.25) is 0 Å². The van der Waals surface area contributed by atoms with Gasteiger partial charge >= 0.3 is 5.97 Å². The summed E-state index contributed by atoms with van der Waals surface area (Å²) in [6.07, 6.45) is 0. The summed E-state index contributed by atoms with van der Waals surface area (Å²) in [5.41, 5.74) is 1.31. The molecule has 2 rings (SSSR count). The average Bonchev–Trinajstić information content (AvgIpc) is 2.43. The van der Waals surface area contributed by atoms with E-state index in [1.165, 1.54) is 0 Å². The third-order valence-corrected chi connectivity index (χ3v) is 3.62. The summed E-state index contributed by atoms with van der Waals surface area (Å²) in [5.74, 6) is -0.894. The lowest BCUT2D eigenvalue weighted by Crippen LogP contribution is -2.31. The van der Waals surface area contributed by atoms with E-state index in [4.69, 9.17) is 0 Å². The summed E-state index contributed by atoms with van der Waals surface area (Å²) < 4.78 is 0. The quantitative estimate of drug-likeness (QED) is 0.878. The van der Waals surface area contributed by atoms with Gasteiger partial charge in [-0.25, -0.2) is 4.79 Å². The van der Waals surface area contributed by atoms with Gasteiger partial charge in [-0.15, -0.1) is 0 Å². The van der Waals surface area contributed by atoms with Crippen molar-refractivity contribution in [2.45, 2.75) is 13.0 Å². The van der Waals surface area contributed by atoms with Gasteiger partial charge in [-0.2, -0.15) is 0 Å². The number of rotatable bonds is 5. The number of likely N-dealkylation sites (N-methyl/N-ethyl adjacent to an activating group) is 1. The lowest BCUT2D eigenvalue weighted by atomic mass is 10.0. The summed E-state index contributed by atoms with van der Waals surface area (Å²) in [4.78, 5) is 13.4. The molecule has 0 saturated carbocycles. The second kappa shape index (κ2) is 5.92. The van der Waals surface area contributed by atoms with Gasteiger partial charge in [0.1, 0.15) is 0 Å². The monoisotopic (exact) mass is 272 g/mol. The van der Waals surface area contributed by atoms with Crippen LogP contribution < -0.4 is 5.32 Å². The summed E-state index contributed by atoms with van der Waals surface area (Å²) in [5, 5.41) is 14.3. The normalized spacial score (nSPS) is 12.6. The van der Waals surface area contributed by atoms with Crippen molar-refractivity contribution < 1.29 is 9.90 Å². The molecular weight excluding hydrogens is 252 g/mol. The van der Waals surface area contributed by atoms with Gasteiger partial charge in [-0.3, -0.25) is 0 Å². The number of benzene rings is 2. The average molecular weight is 272 g/mol. The summed E-state index contributed by atoms with van der Waals surface area (Å²) in [6, 6.07) is 11.5. The summed E-state index contributed by atoms with van der Waals surface area (Å²) in [7, 11) is 4.08. The van der Waals surface area contributed by atoms with Crippen molar-refractivity contribution in [3.63, 3.8) is 0 Å². The van der Waals surface area contributed by atoms with Crippen LogP contribution in [0.25, 0.3) is 10.8 Å². The van der Waals surface area contributed by atoms with Gasteiger partial charge in [0.15, 0.2) is 0 Å². The van der Waals surface area contributed by atoms with E-state index in [-0.39, 0.29) is 0 Å². The number of carbonyl (C=O) groups is 1. The third-order valence-electron chi connectivity index (χ3n) is 3.62. The van der Waals surface area contributed by atoms with E-state index in [2.05, 4.69) is 17.1 Å². The fraction of sp³-hybridized carbons (Fsp3) is 0.312. The van der Waals surface area contributed by atoms with Gasteiger partial charge in [-0.1, -0.05) is 24.3 Å². The minimum Gasteiger partial charge on any atom is -0.478 e. The van der Waals surface area contributed by atoms with Gasteiger partial charge in [-0.05, 0) is 38.5 Å². The zero-order valence-corrected chi connectivity index (χ0v) is 12.1. The molecule has 4 nitrogen and oxygen atoms in total. The lowest BCUT2D eigenvalue weighted by molar-refractivity contribution is 0.0699. The molecule has 0 amide bonds. The minimum atomic E-state index is -0.894. The molecule has 4 heteroatoms. The van der Waals surface area contributed by atoms with E-state index < -0.39 is 5.97 Å². The second-order valence-electron chi connectivity index (χ2n) is 5.20. The van der Waals surface area contributed by atoms with E-state index >= 15 is 0 Å². The molecule has 1 atom stereocenters. The molecule has 106 valence electrons. The van der Waals surface area contributed by atoms with Crippen LogP contribution in [0.3, 0.4) is 0 Å². The number of carboxylic acids is 1. The fourth-order valence-corrected chi connectivity index (χ4v) is 2.08. The van der Waals surface area contributed by atoms with Crippen molar-refractivity contribution in [1.29, 1.82) is 0 Å². The molecule has 2 aromatic rings. The van der Waals surface area contributed by atoms with Crippen LogP contribution in [0.1, 0.15) is 17.3 Å². The Hall–Kier alpha value is -2.07. The molecule has 20 heavy (non-hydrogen) atoms. The smallest absolute Gasteiger partial charge is 0.336 e. The molecule has 0 aliphatic heterocycles. The highest BCUT2D eigenvalue weighted by Crippen LogP contribution is 2.26. The Bertz CT molecular complexity index is 623. The first-order valence-corrected chi connectivity index (χ1v) is 6.66. The Labute approximate surface area is 119 Å². The molecule has 0 heterocycles. The van der Waals surface area contributed by atoms with Gasteiger partial charge in [0, 0.05) is 23.7 Å². The van der Waals surface area contributed by atoms with Crippen LogP contribution >= 0.6 is 0 Å². The zero-order chi connectivity index (χ0) is 14.7. The highest BCUT2D eigenvalue weighted by atomic mass is 16.4. The number of hydrogen-bond acceptors (Lipinski definition) is 3. The molecule has 0 aliphatic carbocycles. The Morgan fingerprint density at radius 2 is 1.85 bits per heavy atom. The predicted octanol–water partition coefficient (Wildman–Crippen LogP) is 2.90. The largest absolute Gasteiger partial charge is 0.478 e. The van der Waals surface area contributed by atoms with E-state index in [9.17, 15) is 9.90 Å². The van der Waals surface area contributed by atoms with E-state index in [1.54, 1.807) is 6.07 Å². The van der Waals surface area contributed by atoms with Gasteiger partial charge in [0.05, 0.1) is 5.56 Å². The molecule has 0 bridgehead atoms. The molecule has 0 aliphatic rings. The molecule has 2 aromatic carbocycles. The van der Waals surface area contributed by atoms with Crippen molar-refractivity contribution in [2.24, 2.45) is 0 Å². The van der Waals surface area contributed by atoms with Gasteiger partial charge in [0.25, 0.3) is 0 Å². The first kappa shape index (κ1) is 14.3. The van der Waals surface area contributed by atoms with Crippen LogP contribution in [-0.4, -0.2) is 42.7 Å². The Morgan fingerprint density at radius 3 is 2.45 bits per heavy atom. The fourth-order valence-electron chi connectivity index (χ4n) is 2.08. The number of anilines is 1. The number of fused-ring (bicyclic) bond motifs is 1. The number of carboxylic acid groups (broad SMARTS) is 1. The van der Waals surface area contributed by atoms with Crippen LogP contribution in [0.15, 0.2) is 36.4 Å². The molecule has 0 spiro atoms. The Kier molecular flexibility index (Phi) is 4.25. The van der Waals surface area contributed by atoms with Crippen LogP contribution in [-0.2, 0) is 0 Å². The molecule has 0 fully saturated rings. The van der Waals surface area contributed by atoms with Crippen molar-refractivity contribution >= 4 is 22.4 Å². The van der Waals surface area contributed by atoms with Crippen LogP contribution in [0, 0.1) is 0 Å². The molecule has 1 unspecified atom stereocenters. The summed E-state index contributed by atoms with van der Waals surface area (Å²) >= 11 is 0. The maximum absolute atomic E-state index is 11.3. The first-order valence-electron chi connectivity index (χ1n) is 6.66. The number of nitrogens with zero attached hydrogens (tertiary/aromatic N) is 1.